The molecule has 2 unspecified atom stereocenters. The monoisotopic (exact) mass is 234 g/mol. The second-order valence-corrected chi connectivity index (χ2v) is 5.26. The van der Waals surface area contributed by atoms with E-state index in [4.69, 9.17) is 4.74 Å². The lowest BCUT2D eigenvalue weighted by atomic mass is 9.92. The maximum atomic E-state index is 11.3. The molecule has 2 aliphatic carbocycles. The van der Waals surface area contributed by atoms with Crippen molar-refractivity contribution in [3.05, 3.63) is 23.3 Å². The van der Waals surface area contributed by atoms with E-state index in [9.17, 15) is 4.79 Å². The van der Waals surface area contributed by atoms with Gasteiger partial charge in [-0.15, -0.1) is 0 Å². The largest absolute Gasteiger partial charge is 0.462 e. The van der Waals surface area contributed by atoms with Crippen LogP contribution in [0.15, 0.2) is 23.3 Å². The van der Waals surface area contributed by atoms with Crippen LogP contribution in [0, 0.1) is 5.92 Å². The molecule has 2 aliphatic rings. The van der Waals surface area contributed by atoms with Gasteiger partial charge in [0.05, 0.1) is 0 Å². The van der Waals surface area contributed by atoms with E-state index >= 15 is 0 Å². The summed E-state index contributed by atoms with van der Waals surface area (Å²) in [5.74, 6) is 0.487. The molecule has 0 aromatic heterocycles. The van der Waals surface area contributed by atoms with Crippen LogP contribution in [-0.4, -0.2) is 12.1 Å². The SMILES string of the molecule is C=C1CC(OC(=O)CC)CCC2=C(C)CCC12. The molecule has 0 radical (unpaired) electrons. The summed E-state index contributed by atoms with van der Waals surface area (Å²) >= 11 is 0. The van der Waals surface area contributed by atoms with Gasteiger partial charge in [-0.3, -0.25) is 4.79 Å². The van der Waals surface area contributed by atoms with E-state index < -0.39 is 0 Å². The van der Waals surface area contributed by atoms with Gasteiger partial charge in [-0.1, -0.05) is 30.2 Å². The van der Waals surface area contributed by atoms with E-state index in [-0.39, 0.29) is 12.1 Å². The number of rotatable bonds is 2. The van der Waals surface area contributed by atoms with Crippen molar-refractivity contribution in [1.82, 2.24) is 0 Å². The highest BCUT2D eigenvalue weighted by atomic mass is 16.5. The van der Waals surface area contributed by atoms with Crippen molar-refractivity contribution in [2.24, 2.45) is 5.92 Å². The summed E-state index contributed by atoms with van der Waals surface area (Å²) in [5.41, 5.74) is 4.38. The summed E-state index contributed by atoms with van der Waals surface area (Å²) in [6.45, 7) is 8.29. The van der Waals surface area contributed by atoms with Gasteiger partial charge in [0.15, 0.2) is 0 Å². The molecule has 17 heavy (non-hydrogen) atoms. The van der Waals surface area contributed by atoms with Gasteiger partial charge in [-0.2, -0.15) is 0 Å². The molecule has 2 heteroatoms. The number of allylic oxidation sites excluding steroid dienone is 2. The molecule has 94 valence electrons. The van der Waals surface area contributed by atoms with Crippen molar-refractivity contribution in [2.45, 2.75) is 58.5 Å². The molecule has 0 aliphatic heterocycles. The van der Waals surface area contributed by atoms with E-state index in [1.165, 1.54) is 18.4 Å². The van der Waals surface area contributed by atoms with Gasteiger partial charge >= 0.3 is 5.97 Å². The Morgan fingerprint density at radius 1 is 1.41 bits per heavy atom. The molecule has 0 saturated heterocycles. The minimum atomic E-state index is -0.0828. The summed E-state index contributed by atoms with van der Waals surface area (Å²) in [6, 6.07) is 0. The number of esters is 1. The van der Waals surface area contributed by atoms with Gasteiger partial charge < -0.3 is 4.74 Å². The fourth-order valence-electron chi connectivity index (χ4n) is 3.05. The Hall–Kier alpha value is -1.05. The van der Waals surface area contributed by atoms with Crippen LogP contribution in [0.5, 0.6) is 0 Å². The third-order valence-electron chi connectivity index (χ3n) is 4.08. The number of carbonyl (C=O) groups is 1. The third kappa shape index (κ3) is 2.62. The number of carbonyl (C=O) groups excluding carboxylic acids is 1. The first kappa shape index (κ1) is 12.4. The molecular weight excluding hydrogens is 212 g/mol. The molecule has 0 aromatic carbocycles. The Balaban J connectivity index is 2.06. The molecule has 0 amide bonds. The lowest BCUT2D eigenvalue weighted by Crippen LogP contribution is -2.17. The third-order valence-corrected chi connectivity index (χ3v) is 4.08. The average Bonchev–Trinajstić information content (AvgIpc) is 2.59. The minimum absolute atomic E-state index is 0.0563. The molecule has 2 nitrogen and oxygen atoms in total. The standard InChI is InChI=1S/C15H22O2/c1-4-15(16)17-12-6-8-13-10(2)5-7-14(13)11(3)9-12/h12,14H,3-9H2,1-2H3. The molecule has 1 fully saturated rings. The molecule has 0 heterocycles. The van der Waals surface area contributed by atoms with E-state index in [1.54, 1.807) is 11.1 Å². The second kappa shape index (κ2) is 5.07. The van der Waals surface area contributed by atoms with Crippen LogP contribution in [-0.2, 0) is 9.53 Å². The second-order valence-electron chi connectivity index (χ2n) is 5.26. The van der Waals surface area contributed by atoms with Crippen molar-refractivity contribution in [3.8, 4) is 0 Å². The quantitative estimate of drug-likeness (QED) is 0.537. The van der Waals surface area contributed by atoms with Crippen molar-refractivity contribution in [3.63, 3.8) is 0 Å². The van der Waals surface area contributed by atoms with Crippen LogP contribution >= 0.6 is 0 Å². The van der Waals surface area contributed by atoms with Gasteiger partial charge in [-0.05, 0) is 32.6 Å². The van der Waals surface area contributed by atoms with Gasteiger partial charge in [0.2, 0.25) is 0 Å². The number of hydrogen-bond acceptors (Lipinski definition) is 2. The lowest BCUT2D eigenvalue weighted by molar-refractivity contribution is -0.148. The zero-order valence-electron chi connectivity index (χ0n) is 10.9. The zero-order valence-corrected chi connectivity index (χ0v) is 10.9. The normalized spacial score (nSPS) is 28.9. The Morgan fingerprint density at radius 3 is 2.88 bits per heavy atom. The zero-order chi connectivity index (χ0) is 12.4. The highest BCUT2D eigenvalue weighted by Gasteiger charge is 2.31. The summed E-state index contributed by atoms with van der Waals surface area (Å²) < 4.78 is 5.47. The van der Waals surface area contributed by atoms with E-state index in [1.807, 2.05) is 6.92 Å². The van der Waals surface area contributed by atoms with Crippen molar-refractivity contribution in [2.75, 3.05) is 0 Å². The van der Waals surface area contributed by atoms with Gasteiger partial charge in [0, 0.05) is 18.8 Å². The lowest BCUT2D eigenvalue weighted by Gasteiger charge is -2.17. The molecule has 0 aromatic rings. The van der Waals surface area contributed by atoms with E-state index in [0.717, 1.165) is 19.3 Å². The Bertz CT molecular complexity index is 365. The Morgan fingerprint density at radius 2 is 2.18 bits per heavy atom. The molecule has 2 atom stereocenters. The summed E-state index contributed by atoms with van der Waals surface area (Å²) in [5, 5.41) is 0. The fraction of sp³-hybridized carbons (Fsp3) is 0.667. The Labute approximate surface area is 104 Å². The predicted octanol–water partition coefficient (Wildman–Crippen LogP) is 3.77. The molecule has 2 rings (SSSR count). The van der Waals surface area contributed by atoms with Crippen LogP contribution in [0.4, 0.5) is 0 Å². The van der Waals surface area contributed by atoms with Crippen molar-refractivity contribution in [1.29, 1.82) is 0 Å². The number of fused-ring (bicyclic) bond motifs is 1. The fourth-order valence-corrected chi connectivity index (χ4v) is 3.05. The van der Waals surface area contributed by atoms with Crippen LogP contribution < -0.4 is 0 Å². The van der Waals surface area contributed by atoms with E-state index in [2.05, 4.69) is 13.5 Å². The minimum Gasteiger partial charge on any atom is -0.462 e. The molecule has 0 spiro atoms. The number of ether oxygens (including phenoxy) is 1. The van der Waals surface area contributed by atoms with Crippen LogP contribution in [0.2, 0.25) is 0 Å². The first-order valence-electron chi connectivity index (χ1n) is 6.67. The molecule has 1 saturated carbocycles. The first-order chi connectivity index (χ1) is 8.11. The van der Waals surface area contributed by atoms with Gasteiger partial charge in [0.1, 0.15) is 6.10 Å². The molecule has 0 bridgehead atoms. The topological polar surface area (TPSA) is 26.3 Å². The summed E-state index contributed by atoms with van der Waals surface area (Å²) in [4.78, 5) is 11.3. The summed E-state index contributed by atoms with van der Waals surface area (Å²) in [6.07, 6.45) is 5.86. The maximum absolute atomic E-state index is 11.3. The van der Waals surface area contributed by atoms with Gasteiger partial charge in [-0.25, -0.2) is 0 Å². The van der Waals surface area contributed by atoms with Crippen LogP contribution in [0.1, 0.15) is 52.4 Å². The van der Waals surface area contributed by atoms with Crippen molar-refractivity contribution < 1.29 is 9.53 Å². The number of hydrogen-bond donors (Lipinski definition) is 0. The molecular formula is C15H22O2. The maximum Gasteiger partial charge on any atom is 0.305 e. The highest BCUT2D eigenvalue weighted by Crippen LogP contribution is 2.43. The predicted molar refractivity (Wildman–Crippen MR) is 68.6 cm³/mol. The first-order valence-corrected chi connectivity index (χ1v) is 6.67. The van der Waals surface area contributed by atoms with Crippen LogP contribution in [0.3, 0.4) is 0 Å². The highest BCUT2D eigenvalue weighted by molar-refractivity contribution is 5.69. The molecule has 0 N–H and O–H groups in total. The smallest absolute Gasteiger partial charge is 0.305 e. The van der Waals surface area contributed by atoms with E-state index in [0.29, 0.717) is 12.3 Å². The Kier molecular flexibility index (Phi) is 3.70. The van der Waals surface area contributed by atoms with Gasteiger partial charge in [0.25, 0.3) is 0 Å². The van der Waals surface area contributed by atoms with Crippen molar-refractivity contribution >= 4 is 5.97 Å². The summed E-state index contributed by atoms with van der Waals surface area (Å²) in [7, 11) is 0. The average molecular weight is 234 g/mol. The van der Waals surface area contributed by atoms with Crippen LogP contribution in [0.25, 0.3) is 0 Å².